The summed E-state index contributed by atoms with van der Waals surface area (Å²) in [6.07, 6.45) is 0. The molecule has 1 aromatic carbocycles. The molecule has 0 radical (unpaired) electrons. The Morgan fingerprint density at radius 3 is 2.59 bits per heavy atom. The van der Waals surface area contributed by atoms with Crippen LogP contribution in [0.25, 0.3) is 0 Å². The average molecular weight is 298 g/mol. The van der Waals surface area contributed by atoms with Crippen LogP contribution in [0.5, 0.6) is 0 Å². The van der Waals surface area contributed by atoms with Crippen molar-refractivity contribution in [1.29, 1.82) is 0 Å². The van der Waals surface area contributed by atoms with Gasteiger partial charge in [-0.15, -0.1) is 0 Å². The average Bonchev–Trinajstić information content (AvgIpc) is 2.21. The van der Waals surface area contributed by atoms with E-state index in [1.54, 1.807) is 0 Å². The second kappa shape index (κ2) is 6.02. The predicted octanol–water partition coefficient (Wildman–Crippen LogP) is 2.86. The molecule has 0 heterocycles. The molecule has 0 aliphatic heterocycles. The Balaban J connectivity index is 2.87. The van der Waals surface area contributed by atoms with E-state index in [-0.39, 0.29) is 27.5 Å². The van der Waals surface area contributed by atoms with Gasteiger partial charge in [0, 0.05) is 0 Å². The highest BCUT2D eigenvalue weighted by atomic mass is 35.5. The summed E-state index contributed by atoms with van der Waals surface area (Å²) >= 11 is 11.6. The Kier molecular flexibility index (Phi) is 5.22. The topological polar surface area (TPSA) is 55.4 Å². The maximum Gasteiger partial charge on any atom is 0.264 e. The molecule has 0 aromatic heterocycles. The van der Waals surface area contributed by atoms with Crippen LogP contribution in [0.3, 0.4) is 0 Å². The summed E-state index contributed by atoms with van der Waals surface area (Å²) in [5.41, 5.74) is 0. The van der Waals surface area contributed by atoms with Crippen LogP contribution in [0.1, 0.15) is 13.8 Å². The Bertz CT molecular complexity index is 488. The third-order valence-electron chi connectivity index (χ3n) is 1.79. The summed E-state index contributed by atoms with van der Waals surface area (Å²) in [4.78, 5) is 6.77. The molecule has 4 nitrogen and oxygen atoms in total. The summed E-state index contributed by atoms with van der Waals surface area (Å²) in [6, 6.07) is 4.37. The van der Waals surface area contributed by atoms with Gasteiger partial charge in [-0.2, -0.15) is 0 Å². The molecule has 0 unspecified atom stereocenters. The first-order valence-corrected chi connectivity index (χ1v) is 7.16. The summed E-state index contributed by atoms with van der Waals surface area (Å²) in [5.74, 6) is 0.215. The molecule has 17 heavy (non-hydrogen) atoms. The molecule has 0 bridgehead atoms. The first kappa shape index (κ1) is 14.7. The van der Waals surface area contributed by atoms with E-state index in [4.69, 9.17) is 28.0 Å². The van der Waals surface area contributed by atoms with Crippen molar-refractivity contribution in [2.45, 2.75) is 18.7 Å². The molecule has 96 valence electrons. The van der Waals surface area contributed by atoms with Crippen molar-refractivity contribution < 1.29 is 13.3 Å². The Labute approximate surface area is 111 Å². The molecule has 0 saturated carbocycles. The lowest BCUT2D eigenvalue weighted by atomic mass is 10.2. The zero-order valence-corrected chi connectivity index (χ0v) is 11.7. The van der Waals surface area contributed by atoms with Crippen LogP contribution >= 0.6 is 23.2 Å². The van der Waals surface area contributed by atoms with Crippen LogP contribution in [-0.2, 0) is 14.9 Å². The van der Waals surface area contributed by atoms with Gasteiger partial charge in [0.2, 0.25) is 0 Å². The zero-order chi connectivity index (χ0) is 13.1. The van der Waals surface area contributed by atoms with Crippen LogP contribution in [0.2, 0.25) is 10.0 Å². The monoisotopic (exact) mass is 297 g/mol. The van der Waals surface area contributed by atoms with Gasteiger partial charge in [0.1, 0.15) is 4.90 Å². The Morgan fingerprint density at radius 2 is 2.00 bits per heavy atom. The van der Waals surface area contributed by atoms with Crippen molar-refractivity contribution >= 4 is 33.2 Å². The van der Waals surface area contributed by atoms with Gasteiger partial charge >= 0.3 is 0 Å². The van der Waals surface area contributed by atoms with Gasteiger partial charge in [-0.05, 0) is 18.1 Å². The Hall–Kier alpha value is -0.330. The summed E-state index contributed by atoms with van der Waals surface area (Å²) in [6.45, 7) is 4.08. The second-order valence-electron chi connectivity index (χ2n) is 3.84. The third kappa shape index (κ3) is 4.12. The first-order chi connectivity index (χ1) is 7.84. The maximum atomic E-state index is 11.8. The van der Waals surface area contributed by atoms with Crippen molar-refractivity contribution in [3.63, 3.8) is 0 Å². The van der Waals surface area contributed by atoms with Crippen LogP contribution in [0.4, 0.5) is 0 Å². The molecular formula is C10H13Cl2NO3S. The van der Waals surface area contributed by atoms with Gasteiger partial charge in [-0.3, -0.25) is 4.84 Å². The van der Waals surface area contributed by atoms with Crippen LogP contribution in [-0.4, -0.2) is 15.0 Å². The number of sulfonamides is 1. The van der Waals surface area contributed by atoms with E-state index < -0.39 is 10.0 Å². The van der Waals surface area contributed by atoms with Crippen LogP contribution in [0.15, 0.2) is 23.1 Å². The van der Waals surface area contributed by atoms with Crippen LogP contribution in [0, 0.1) is 5.92 Å². The minimum atomic E-state index is -3.80. The molecule has 1 N–H and O–H groups in total. The van der Waals surface area contributed by atoms with Crippen LogP contribution < -0.4 is 4.89 Å². The van der Waals surface area contributed by atoms with E-state index in [1.807, 2.05) is 18.7 Å². The van der Waals surface area contributed by atoms with Crippen molar-refractivity contribution in [3.8, 4) is 0 Å². The second-order valence-corrected chi connectivity index (χ2v) is 6.24. The normalized spacial score (nSPS) is 12.1. The fraction of sp³-hybridized carbons (Fsp3) is 0.400. The lowest BCUT2D eigenvalue weighted by Gasteiger charge is -2.10. The number of rotatable bonds is 5. The molecule has 7 heteroatoms. The quantitative estimate of drug-likeness (QED) is 0.850. The highest BCUT2D eigenvalue weighted by Gasteiger charge is 2.19. The van der Waals surface area contributed by atoms with Gasteiger partial charge in [0.05, 0.1) is 16.7 Å². The van der Waals surface area contributed by atoms with E-state index in [1.165, 1.54) is 18.2 Å². The molecule has 0 atom stereocenters. The minimum absolute atomic E-state index is 0.0187. The summed E-state index contributed by atoms with van der Waals surface area (Å²) < 4.78 is 23.6. The fourth-order valence-corrected chi connectivity index (χ4v) is 2.59. The van der Waals surface area contributed by atoms with Gasteiger partial charge in [-0.1, -0.05) is 48.0 Å². The lowest BCUT2D eigenvalue weighted by molar-refractivity contribution is 0.0719. The number of hydrogen-bond acceptors (Lipinski definition) is 3. The standard InChI is InChI=1S/C10H13Cl2NO3S/c1-7(2)6-16-13-17(14,15)9-5-3-4-8(11)10(9)12/h3-5,7,13H,6H2,1-2H3. The number of halogens is 2. The van der Waals surface area contributed by atoms with Crippen molar-refractivity contribution in [2.75, 3.05) is 6.61 Å². The van der Waals surface area contributed by atoms with Gasteiger partial charge < -0.3 is 0 Å². The van der Waals surface area contributed by atoms with Crippen molar-refractivity contribution in [3.05, 3.63) is 28.2 Å². The molecule has 0 fully saturated rings. The molecule has 0 amide bonds. The van der Waals surface area contributed by atoms with E-state index in [2.05, 4.69) is 0 Å². The van der Waals surface area contributed by atoms with E-state index in [9.17, 15) is 8.42 Å². The molecule has 0 aliphatic rings. The fourth-order valence-electron chi connectivity index (χ4n) is 1.01. The van der Waals surface area contributed by atoms with Crippen molar-refractivity contribution in [1.82, 2.24) is 4.89 Å². The maximum absolute atomic E-state index is 11.8. The number of benzene rings is 1. The molecule has 1 aromatic rings. The smallest absolute Gasteiger partial charge is 0.264 e. The van der Waals surface area contributed by atoms with E-state index >= 15 is 0 Å². The first-order valence-electron chi connectivity index (χ1n) is 4.92. The summed E-state index contributed by atoms with van der Waals surface area (Å²) in [7, 11) is -3.80. The molecule has 1 rings (SSSR count). The summed E-state index contributed by atoms with van der Waals surface area (Å²) in [5, 5.41) is 0.160. The number of nitrogens with one attached hydrogen (secondary N) is 1. The molecular weight excluding hydrogens is 285 g/mol. The highest BCUT2D eigenvalue weighted by Crippen LogP contribution is 2.28. The van der Waals surface area contributed by atoms with Gasteiger partial charge in [-0.25, -0.2) is 8.42 Å². The lowest BCUT2D eigenvalue weighted by Crippen LogP contribution is -2.26. The Morgan fingerprint density at radius 1 is 1.35 bits per heavy atom. The molecule has 0 spiro atoms. The highest BCUT2D eigenvalue weighted by molar-refractivity contribution is 7.89. The SMILES string of the molecule is CC(C)CONS(=O)(=O)c1cccc(Cl)c1Cl. The van der Waals surface area contributed by atoms with E-state index in [0.29, 0.717) is 0 Å². The van der Waals surface area contributed by atoms with Gasteiger partial charge in [0.25, 0.3) is 10.0 Å². The van der Waals surface area contributed by atoms with Crippen molar-refractivity contribution in [2.24, 2.45) is 5.92 Å². The largest absolute Gasteiger partial charge is 0.287 e. The van der Waals surface area contributed by atoms with Gasteiger partial charge in [0.15, 0.2) is 0 Å². The molecule has 0 aliphatic carbocycles. The number of hydrogen-bond donors (Lipinski definition) is 1. The minimum Gasteiger partial charge on any atom is -0.287 e. The van der Waals surface area contributed by atoms with E-state index in [0.717, 1.165) is 0 Å². The predicted molar refractivity (Wildman–Crippen MR) is 67.6 cm³/mol. The molecule has 0 saturated heterocycles. The third-order valence-corrected chi connectivity index (χ3v) is 3.98. The zero-order valence-electron chi connectivity index (χ0n) is 9.41.